The Bertz CT molecular complexity index is 664. The normalized spacial score (nSPS) is 27.4. The molecule has 1 heterocycles. The van der Waals surface area contributed by atoms with E-state index in [2.05, 4.69) is 31.2 Å². The topological polar surface area (TPSA) is 9.23 Å². The molecule has 0 spiro atoms. The first kappa shape index (κ1) is 12.1. The molecule has 0 saturated carbocycles. The highest BCUT2D eigenvalue weighted by Gasteiger charge is 2.39. The molecule has 102 valence electrons. The Hall–Kier alpha value is -1.67. The molecule has 0 unspecified atom stereocenters. The number of rotatable bonds is 0. The monoisotopic (exact) mass is 268 g/mol. The Kier molecular flexibility index (Phi) is 2.67. The van der Waals surface area contributed by atoms with E-state index < -0.39 is 0 Å². The third kappa shape index (κ3) is 1.79. The molecule has 2 aliphatic rings. The minimum absolute atomic E-state index is 0.000602. The Morgan fingerprint density at radius 3 is 2.75 bits per heavy atom. The van der Waals surface area contributed by atoms with Crippen molar-refractivity contribution in [3.8, 4) is 0 Å². The lowest BCUT2D eigenvalue weighted by atomic mass is 9.87. The summed E-state index contributed by atoms with van der Waals surface area (Å²) in [6.07, 6.45) is 2.11. The third-order valence-corrected chi connectivity index (χ3v) is 4.58. The van der Waals surface area contributed by atoms with E-state index in [4.69, 9.17) is 4.74 Å². The number of hydrogen-bond donors (Lipinski definition) is 0. The minimum Gasteiger partial charge on any atom is -0.370 e. The van der Waals surface area contributed by atoms with Crippen molar-refractivity contribution in [2.75, 3.05) is 0 Å². The summed E-state index contributed by atoms with van der Waals surface area (Å²) < 4.78 is 19.8. The van der Waals surface area contributed by atoms with Gasteiger partial charge in [-0.15, -0.1) is 0 Å². The van der Waals surface area contributed by atoms with Crippen LogP contribution in [-0.2, 0) is 11.2 Å². The van der Waals surface area contributed by atoms with Gasteiger partial charge < -0.3 is 4.74 Å². The minimum atomic E-state index is -0.170. The van der Waals surface area contributed by atoms with Crippen molar-refractivity contribution in [2.45, 2.75) is 37.9 Å². The maximum absolute atomic E-state index is 13.7. The third-order valence-electron chi connectivity index (χ3n) is 4.58. The average Bonchev–Trinajstić information content (AvgIpc) is 2.78. The van der Waals surface area contributed by atoms with Crippen molar-refractivity contribution in [1.82, 2.24) is 0 Å². The first-order chi connectivity index (χ1) is 9.72. The summed E-state index contributed by atoms with van der Waals surface area (Å²) in [6, 6.07) is 13.7. The van der Waals surface area contributed by atoms with Crippen LogP contribution in [0.4, 0.5) is 4.39 Å². The van der Waals surface area contributed by atoms with E-state index in [0.717, 1.165) is 18.4 Å². The summed E-state index contributed by atoms with van der Waals surface area (Å²) in [5.41, 5.74) is 4.96. The van der Waals surface area contributed by atoms with Crippen molar-refractivity contribution in [3.05, 3.63) is 70.5 Å². The first-order valence-corrected chi connectivity index (χ1v) is 7.24. The zero-order valence-corrected chi connectivity index (χ0v) is 11.5. The molecule has 2 aromatic carbocycles. The van der Waals surface area contributed by atoms with Crippen molar-refractivity contribution < 1.29 is 9.13 Å². The van der Waals surface area contributed by atoms with Gasteiger partial charge in [-0.1, -0.05) is 30.3 Å². The molecule has 1 saturated heterocycles. The fourth-order valence-electron chi connectivity index (χ4n) is 3.72. The van der Waals surface area contributed by atoms with Crippen LogP contribution in [-0.4, -0.2) is 6.10 Å². The summed E-state index contributed by atoms with van der Waals surface area (Å²) in [5, 5.41) is 0. The number of fused-ring (bicyclic) bond motifs is 5. The zero-order valence-electron chi connectivity index (χ0n) is 11.5. The lowest BCUT2D eigenvalue weighted by Gasteiger charge is -2.19. The van der Waals surface area contributed by atoms with Gasteiger partial charge in [-0.05, 0) is 54.2 Å². The van der Waals surface area contributed by atoms with E-state index in [9.17, 15) is 4.39 Å². The Balaban J connectivity index is 1.93. The molecular formula is C18H17FO. The van der Waals surface area contributed by atoms with Gasteiger partial charge in [0.25, 0.3) is 0 Å². The van der Waals surface area contributed by atoms with Gasteiger partial charge >= 0.3 is 0 Å². The molecule has 1 aliphatic carbocycles. The Morgan fingerprint density at radius 2 is 1.85 bits per heavy atom. The van der Waals surface area contributed by atoms with Crippen LogP contribution >= 0.6 is 0 Å². The summed E-state index contributed by atoms with van der Waals surface area (Å²) in [7, 11) is 0. The van der Waals surface area contributed by atoms with Crippen molar-refractivity contribution >= 4 is 0 Å². The summed E-state index contributed by atoms with van der Waals surface area (Å²) >= 11 is 0. The van der Waals surface area contributed by atoms with Crippen LogP contribution in [0.1, 0.15) is 47.6 Å². The van der Waals surface area contributed by atoms with Crippen molar-refractivity contribution in [1.29, 1.82) is 0 Å². The Morgan fingerprint density at radius 1 is 1.05 bits per heavy atom. The molecule has 0 bridgehead atoms. The largest absolute Gasteiger partial charge is 0.370 e. The highest BCUT2D eigenvalue weighted by Crippen LogP contribution is 2.49. The predicted molar refractivity (Wildman–Crippen MR) is 76.3 cm³/mol. The van der Waals surface area contributed by atoms with Gasteiger partial charge in [0.2, 0.25) is 0 Å². The lowest BCUT2D eigenvalue weighted by Crippen LogP contribution is -2.07. The molecule has 20 heavy (non-hydrogen) atoms. The summed E-state index contributed by atoms with van der Waals surface area (Å²) in [5.74, 6) is 0.181. The van der Waals surface area contributed by atoms with E-state index in [-0.39, 0.29) is 18.0 Å². The van der Waals surface area contributed by atoms with Gasteiger partial charge in [-0.2, -0.15) is 0 Å². The highest BCUT2D eigenvalue weighted by atomic mass is 19.1. The van der Waals surface area contributed by atoms with Gasteiger partial charge in [-0.25, -0.2) is 4.39 Å². The fourth-order valence-corrected chi connectivity index (χ4v) is 3.72. The van der Waals surface area contributed by atoms with Crippen LogP contribution < -0.4 is 0 Å². The standard InChI is InChI=1S/C18H17FO/c1-11-8-17-15-5-3-2-4-12(15)9-13-6-7-14(19)10-16(13)18(17)20-11/h2-7,10-11,17-18H,8-9H2,1H3/t11-,17+,18+/m0/s1. The van der Waals surface area contributed by atoms with E-state index in [0.29, 0.717) is 5.92 Å². The van der Waals surface area contributed by atoms with Crippen molar-refractivity contribution in [3.63, 3.8) is 0 Å². The smallest absolute Gasteiger partial charge is 0.123 e. The number of benzene rings is 2. The number of hydrogen-bond acceptors (Lipinski definition) is 1. The molecule has 1 aliphatic heterocycles. The van der Waals surface area contributed by atoms with Crippen LogP contribution in [0.3, 0.4) is 0 Å². The maximum atomic E-state index is 13.7. The van der Waals surface area contributed by atoms with Crippen LogP contribution in [0.15, 0.2) is 42.5 Å². The Labute approximate surface area is 118 Å². The molecule has 0 radical (unpaired) electrons. The second-order valence-corrected chi connectivity index (χ2v) is 5.93. The highest BCUT2D eigenvalue weighted by molar-refractivity contribution is 5.45. The predicted octanol–water partition coefficient (Wildman–Crippen LogP) is 4.36. The van der Waals surface area contributed by atoms with E-state index >= 15 is 0 Å². The lowest BCUT2D eigenvalue weighted by molar-refractivity contribution is 0.0508. The van der Waals surface area contributed by atoms with E-state index in [1.807, 2.05) is 6.07 Å². The quantitative estimate of drug-likeness (QED) is 0.689. The average molecular weight is 268 g/mol. The molecular weight excluding hydrogens is 251 g/mol. The molecule has 0 aromatic heterocycles. The van der Waals surface area contributed by atoms with Gasteiger partial charge in [0.1, 0.15) is 5.82 Å². The summed E-state index contributed by atoms with van der Waals surface area (Å²) in [6.45, 7) is 2.11. The second kappa shape index (κ2) is 4.42. The molecule has 3 atom stereocenters. The first-order valence-electron chi connectivity index (χ1n) is 7.24. The summed E-state index contributed by atoms with van der Waals surface area (Å²) in [4.78, 5) is 0. The second-order valence-electron chi connectivity index (χ2n) is 5.93. The molecule has 2 heteroatoms. The van der Waals surface area contributed by atoms with Gasteiger partial charge in [0.15, 0.2) is 0 Å². The van der Waals surface area contributed by atoms with Gasteiger partial charge in [0, 0.05) is 5.92 Å². The van der Waals surface area contributed by atoms with Crippen LogP contribution in [0.5, 0.6) is 0 Å². The number of halogens is 1. The SMILES string of the molecule is C[C@H]1C[C@@H]2c3ccccc3Cc3ccc(F)cc3[C@H]2O1. The molecule has 4 rings (SSSR count). The number of ether oxygens (including phenoxy) is 1. The molecule has 2 aromatic rings. The van der Waals surface area contributed by atoms with Crippen molar-refractivity contribution in [2.24, 2.45) is 0 Å². The van der Waals surface area contributed by atoms with Crippen LogP contribution in [0.2, 0.25) is 0 Å². The zero-order chi connectivity index (χ0) is 13.7. The molecule has 0 N–H and O–H groups in total. The van der Waals surface area contributed by atoms with Gasteiger partial charge in [-0.3, -0.25) is 0 Å². The van der Waals surface area contributed by atoms with E-state index in [1.54, 1.807) is 12.1 Å². The van der Waals surface area contributed by atoms with E-state index in [1.165, 1.54) is 16.7 Å². The molecule has 0 amide bonds. The fraction of sp³-hybridized carbons (Fsp3) is 0.333. The van der Waals surface area contributed by atoms with Crippen LogP contribution in [0, 0.1) is 5.82 Å². The maximum Gasteiger partial charge on any atom is 0.123 e. The van der Waals surface area contributed by atoms with Crippen LogP contribution in [0.25, 0.3) is 0 Å². The van der Waals surface area contributed by atoms with Gasteiger partial charge in [0.05, 0.1) is 12.2 Å². The molecule has 1 fully saturated rings. The molecule has 1 nitrogen and oxygen atoms in total.